The highest BCUT2D eigenvalue weighted by molar-refractivity contribution is 7.07. The molecular formula is C23H20FNO5S. The second-order valence-corrected chi connectivity index (χ2v) is 7.54. The van der Waals surface area contributed by atoms with Gasteiger partial charge >= 0.3 is 11.9 Å². The predicted molar refractivity (Wildman–Crippen MR) is 116 cm³/mol. The van der Waals surface area contributed by atoms with Gasteiger partial charge in [-0.1, -0.05) is 24.3 Å². The lowest BCUT2D eigenvalue weighted by Gasteiger charge is -2.04. The Hall–Kier alpha value is -3.52. The molecule has 0 saturated heterocycles. The highest BCUT2D eigenvalue weighted by Gasteiger charge is 2.10. The van der Waals surface area contributed by atoms with Crippen LogP contribution in [0, 0.1) is 5.82 Å². The van der Waals surface area contributed by atoms with Crippen LogP contribution >= 0.6 is 11.3 Å². The third-order valence-corrected chi connectivity index (χ3v) is 5.41. The summed E-state index contributed by atoms with van der Waals surface area (Å²) in [5.74, 6) is -1.37. The van der Waals surface area contributed by atoms with Gasteiger partial charge < -0.3 is 9.47 Å². The van der Waals surface area contributed by atoms with Gasteiger partial charge in [-0.2, -0.15) is 0 Å². The molecule has 160 valence electrons. The molecule has 3 rings (SSSR count). The molecule has 31 heavy (non-hydrogen) atoms. The van der Waals surface area contributed by atoms with Gasteiger partial charge in [0, 0.05) is 0 Å². The SMILES string of the molecule is CCOC(=O)C=c1sc(=Cc2ccc(F)cc2)c(=O)n1Cc1ccc(C(=O)OC)cc1. The van der Waals surface area contributed by atoms with Crippen LogP contribution in [-0.4, -0.2) is 30.2 Å². The van der Waals surface area contributed by atoms with Crippen molar-refractivity contribution in [3.63, 3.8) is 0 Å². The molecule has 0 spiro atoms. The fraction of sp³-hybridized carbons (Fsp3) is 0.174. The van der Waals surface area contributed by atoms with Crippen molar-refractivity contribution in [2.24, 2.45) is 0 Å². The highest BCUT2D eigenvalue weighted by atomic mass is 32.1. The van der Waals surface area contributed by atoms with Crippen LogP contribution in [0.3, 0.4) is 0 Å². The third kappa shape index (κ3) is 5.55. The number of hydrogen-bond donors (Lipinski definition) is 0. The van der Waals surface area contributed by atoms with Gasteiger partial charge in [0.2, 0.25) is 0 Å². The number of carbonyl (C=O) groups excluding carboxylic acids is 2. The number of methoxy groups -OCH3 is 1. The van der Waals surface area contributed by atoms with E-state index in [1.165, 1.54) is 29.9 Å². The lowest BCUT2D eigenvalue weighted by atomic mass is 10.1. The number of benzene rings is 2. The van der Waals surface area contributed by atoms with Crippen LogP contribution in [0.25, 0.3) is 12.2 Å². The van der Waals surface area contributed by atoms with E-state index in [2.05, 4.69) is 0 Å². The van der Waals surface area contributed by atoms with E-state index in [4.69, 9.17) is 9.47 Å². The summed E-state index contributed by atoms with van der Waals surface area (Å²) in [6.45, 7) is 2.11. The molecule has 0 fully saturated rings. The van der Waals surface area contributed by atoms with Crippen LogP contribution in [0.15, 0.2) is 53.3 Å². The Labute approximate surface area is 181 Å². The summed E-state index contributed by atoms with van der Waals surface area (Å²) >= 11 is 1.14. The molecule has 0 unspecified atom stereocenters. The van der Waals surface area contributed by atoms with Crippen LogP contribution in [-0.2, 0) is 20.8 Å². The second-order valence-electron chi connectivity index (χ2n) is 6.48. The van der Waals surface area contributed by atoms with Crippen LogP contribution in [0.4, 0.5) is 4.39 Å². The zero-order valence-corrected chi connectivity index (χ0v) is 17.8. The first-order valence-corrected chi connectivity index (χ1v) is 10.3. The van der Waals surface area contributed by atoms with E-state index >= 15 is 0 Å². The zero-order chi connectivity index (χ0) is 22.4. The summed E-state index contributed by atoms with van der Waals surface area (Å²) in [7, 11) is 1.30. The number of aromatic nitrogens is 1. The Morgan fingerprint density at radius 3 is 2.39 bits per heavy atom. The van der Waals surface area contributed by atoms with Crippen molar-refractivity contribution in [2.75, 3.05) is 13.7 Å². The van der Waals surface area contributed by atoms with Gasteiger partial charge in [0.1, 0.15) is 10.5 Å². The standard InChI is InChI=1S/C23H20FNO5S/c1-3-30-21(26)13-20-25(14-16-4-8-17(9-5-16)23(28)29-2)22(27)19(31-20)12-15-6-10-18(24)11-7-15/h4-13H,3,14H2,1-2H3. The van der Waals surface area contributed by atoms with Crippen LogP contribution < -0.4 is 14.8 Å². The van der Waals surface area contributed by atoms with Crippen molar-refractivity contribution in [3.8, 4) is 0 Å². The summed E-state index contributed by atoms with van der Waals surface area (Å²) < 4.78 is 25.1. The predicted octanol–water partition coefficient (Wildman–Crippen LogP) is 2.06. The van der Waals surface area contributed by atoms with Crippen molar-refractivity contribution < 1.29 is 23.5 Å². The molecule has 1 aromatic heterocycles. The van der Waals surface area contributed by atoms with Crippen molar-refractivity contribution in [3.05, 3.63) is 90.6 Å². The smallest absolute Gasteiger partial charge is 0.337 e. The summed E-state index contributed by atoms with van der Waals surface area (Å²) in [5, 5.41) is 0. The minimum absolute atomic E-state index is 0.194. The number of carbonyl (C=O) groups is 2. The monoisotopic (exact) mass is 441 g/mol. The minimum atomic E-state index is -0.549. The number of halogens is 1. The maximum Gasteiger partial charge on any atom is 0.337 e. The normalized spacial score (nSPS) is 12.1. The van der Waals surface area contributed by atoms with Crippen LogP contribution in [0.1, 0.15) is 28.4 Å². The second kappa shape index (κ2) is 9.99. The summed E-state index contributed by atoms with van der Waals surface area (Å²) in [5.41, 5.74) is 1.53. The average Bonchev–Trinajstić information content (AvgIpc) is 3.04. The molecule has 0 aliphatic rings. The number of hydrogen-bond acceptors (Lipinski definition) is 6. The largest absolute Gasteiger partial charge is 0.465 e. The quantitative estimate of drug-likeness (QED) is 0.548. The molecular weight excluding hydrogens is 421 g/mol. The highest BCUT2D eigenvalue weighted by Crippen LogP contribution is 2.07. The van der Waals surface area contributed by atoms with E-state index in [0.717, 1.165) is 16.9 Å². The Morgan fingerprint density at radius 1 is 1.10 bits per heavy atom. The number of thiazole rings is 1. The molecule has 1 heterocycles. The Morgan fingerprint density at radius 2 is 1.77 bits per heavy atom. The lowest BCUT2D eigenvalue weighted by Crippen LogP contribution is -2.32. The van der Waals surface area contributed by atoms with Gasteiger partial charge in [-0.05, 0) is 48.4 Å². The van der Waals surface area contributed by atoms with Gasteiger partial charge in [0.15, 0.2) is 0 Å². The minimum Gasteiger partial charge on any atom is -0.465 e. The van der Waals surface area contributed by atoms with E-state index in [1.807, 2.05) is 0 Å². The van der Waals surface area contributed by atoms with E-state index in [-0.39, 0.29) is 24.5 Å². The summed E-state index contributed by atoms with van der Waals surface area (Å²) in [6.07, 6.45) is 2.92. The number of ether oxygens (including phenoxy) is 2. The Bertz CT molecular complexity index is 1260. The Kier molecular flexibility index (Phi) is 7.15. The van der Waals surface area contributed by atoms with Gasteiger partial charge in [-0.25, -0.2) is 14.0 Å². The van der Waals surface area contributed by atoms with E-state index in [9.17, 15) is 18.8 Å². The molecule has 0 saturated carbocycles. The molecule has 0 amide bonds. The fourth-order valence-electron chi connectivity index (χ4n) is 2.83. The first-order chi connectivity index (χ1) is 14.9. The van der Waals surface area contributed by atoms with Crippen molar-refractivity contribution in [1.29, 1.82) is 0 Å². The molecule has 0 N–H and O–H groups in total. The molecule has 0 aliphatic carbocycles. The molecule has 0 aliphatic heterocycles. The van der Waals surface area contributed by atoms with Gasteiger partial charge in [0.05, 0.1) is 36.4 Å². The summed E-state index contributed by atoms with van der Waals surface area (Å²) in [6, 6.07) is 12.4. The Balaban J connectivity index is 2.06. The fourth-order valence-corrected chi connectivity index (χ4v) is 3.87. The van der Waals surface area contributed by atoms with E-state index in [0.29, 0.717) is 20.3 Å². The maximum atomic E-state index is 13.2. The van der Waals surface area contributed by atoms with E-state index < -0.39 is 11.9 Å². The third-order valence-electron chi connectivity index (χ3n) is 4.35. The average molecular weight is 441 g/mol. The maximum absolute atomic E-state index is 13.2. The zero-order valence-electron chi connectivity index (χ0n) is 17.0. The van der Waals surface area contributed by atoms with Crippen LogP contribution in [0.2, 0.25) is 0 Å². The number of nitrogens with zero attached hydrogens (tertiary/aromatic N) is 1. The summed E-state index contributed by atoms with van der Waals surface area (Å²) in [4.78, 5) is 36.7. The topological polar surface area (TPSA) is 74.6 Å². The molecule has 0 bridgehead atoms. The van der Waals surface area contributed by atoms with Gasteiger partial charge in [-0.3, -0.25) is 9.36 Å². The molecule has 0 radical (unpaired) electrons. The number of esters is 2. The van der Waals surface area contributed by atoms with Crippen molar-refractivity contribution in [2.45, 2.75) is 13.5 Å². The molecule has 8 heteroatoms. The first-order valence-electron chi connectivity index (χ1n) is 9.44. The van der Waals surface area contributed by atoms with Gasteiger partial charge in [-0.15, -0.1) is 11.3 Å². The first kappa shape index (κ1) is 22.2. The number of rotatable bonds is 6. The lowest BCUT2D eigenvalue weighted by molar-refractivity contribution is -0.135. The van der Waals surface area contributed by atoms with Crippen molar-refractivity contribution >= 4 is 35.4 Å². The molecule has 2 aromatic carbocycles. The molecule has 6 nitrogen and oxygen atoms in total. The molecule has 3 aromatic rings. The van der Waals surface area contributed by atoms with Crippen molar-refractivity contribution in [1.82, 2.24) is 4.57 Å². The molecule has 0 atom stereocenters. The van der Waals surface area contributed by atoms with Crippen LogP contribution in [0.5, 0.6) is 0 Å². The van der Waals surface area contributed by atoms with Gasteiger partial charge in [0.25, 0.3) is 5.56 Å². The van der Waals surface area contributed by atoms with E-state index in [1.54, 1.807) is 49.4 Å².